The molecule has 0 aliphatic carbocycles. The van der Waals surface area contributed by atoms with Crippen LogP contribution in [0, 0.1) is 5.82 Å². The molecule has 1 saturated heterocycles. The Labute approximate surface area is 174 Å². The predicted octanol–water partition coefficient (Wildman–Crippen LogP) is 3.77. The molecule has 0 saturated carbocycles. The van der Waals surface area contributed by atoms with Gasteiger partial charge in [0, 0.05) is 55.5 Å². The van der Waals surface area contributed by atoms with Gasteiger partial charge in [0.2, 0.25) is 5.91 Å². The quantitative estimate of drug-likeness (QED) is 0.620. The minimum atomic E-state index is -0.303. The number of amides is 1. The lowest BCUT2D eigenvalue weighted by Gasteiger charge is -2.36. The number of carbonyl (C=O) groups excluding carboxylic acids is 1. The van der Waals surface area contributed by atoms with Crippen LogP contribution in [0.15, 0.2) is 59.3 Å². The van der Waals surface area contributed by atoms with Crippen molar-refractivity contribution in [2.24, 2.45) is 0 Å². The first kappa shape index (κ1) is 19.9. The smallest absolute Gasteiger partial charge is 0.223 e. The maximum Gasteiger partial charge on any atom is 0.223 e. The Hall–Kier alpha value is -3.35. The average molecular weight is 409 g/mol. The lowest BCUT2D eigenvalue weighted by atomic mass is 10.0. The number of hydrogen-bond acceptors (Lipinski definition) is 5. The number of halogens is 1. The molecular formula is C23H24FN3O3. The normalized spacial score (nSPS) is 14.1. The Morgan fingerprint density at radius 3 is 2.63 bits per heavy atom. The third-order valence-electron chi connectivity index (χ3n) is 5.41. The molecule has 0 N–H and O–H groups in total. The second kappa shape index (κ2) is 8.98. The van der Waals surface area contributed by atoms with Crippen LogP contribution >= 0.6 is 0 Å². The summed E-state index contributed by atoms with van der Waals surface area (Å²) < 4.78 is 23.8. The van der Waals surface area contributed by atoms with Crippen molar-refractivity contribution >= 4 is 11.6 Å². The van der Waals surface area contributed by atoms with E-state index in [0.717, 1.165) is 35.7 Å². The molecule has 7 heteroatoms. The average Bonchev–Trinajstić information content (AvgIpc) is 3.27. The van der Waals surface area contributed by atoms with Gasteiger partial charge < -0.3 is 19.1 Å². The van der Waals surface area contributed by atoms with E-state index in [9.17, 15) is 9.18 Å². The lowest BCUT2D eigenvalue weighted by molar-refractivity contribution is -0.131. The summed E-state index contributed by atoms with van der Waals surface area (Å²) in [4.78, 5) is 16.9. The van der Waals surface area contributed by atoms with Crippen molar-refractivity contribution in [1.29, 1.82) is 0 Å². The van der Waals surface area contributed by atoms with Crippen LogP contribution in [0.3, 0.4) is 0 Å². The van der Waals surface area contributed by atoms with E-state index in [1.165, 1.54) is 12.1 Å². The molecule has 30 heavy (non-hydrogen) atoms. The fourth-order valence-electron chi connectivity index (χ4n) is 3.70. The zero-order chi connectivity index (χ0) is 20.9. The molecule has 0 unspecified atom stereocenters. The first-order valence-corrected chi connectivity index (χ1v) is 10.0. The first-order valence-electron chi connectivity index (χ1n) is 10.0. The van der Waals surface area contributed by atoms with Crippen molar-refractivity contribution in [2.45, 2.75) is 12.8 Å². The summed E-state index contributed by atoms with van der Waals surface area (Å²) in [5, 5.41) is 3.86. The molecule has 0 atom stereocenters. The van der Waals surface area contributed by atoms with E-state index in [1.54, 1.807) is 25.4 Å². The van der Waals surface area contributed by atoms with Crippen LogP contribution in [0.25, 0.3) is 11.3 Å². The van der Waals surface area contributed by atoms with Crippen LogP contribution in [0.4, 0.5) is 10.1 Å². The second-order valence-corrected chi connectivity index (χ2v) is 7.26. The van der Waals surface area contributed by atoms with Crippen molar-refractivity contribution in [3.63, 3.8) is 0 Å². The number of benzene rings is 2. The van der Waals surface area contributed by atoms with Crippen LogP contribution in [0.1, 0.15) is 12.0 Å². The monoisotopic (exact) mass is 409 g/mol. The van der Waals surface area contributed by atoms with Crippen molar-refractivity contribution in [2.75, 3.05) is 38.2 Å². The molecule has 3 aromatic rings. The fourth-order valence-corrected chi connectivity index (χ4v) is 3.70. The van der Waals surface area contributed by atoms with Crippen molar-refractivity contribution in [1.82, 2.24) is 10.1 Å². The molecule has 1 aromatic heterocycles. The number of rotatable bonds is 6. The van der Waals surface area contributed by atoms with E-state index >= 15 is 0 Å². The summed E-state index contributed by atoms with van der Waals surface area (Å²) in [6.45, 7) is 2.94. The minimum Gasteiger partial charge on any atom is -0.497 e. The van der Waals surface area contributed by atoms with E-state index in [1.807, 2.05) is 23.1 Å². The van der Waals surface area contributed by atoms with Crippen LogP contribution in [-0.4, -0.2) is 49.3 Å². The number of methoxy groups -OCH3 is 1. The highest BCUT2D eigenvalue weighted by Gasteiger charge is 2.22. The highest BCUT2D eigenvalue weighted by Crippen LogP contribution is 2.25. The van der Waals surface area contributed by atoms with Crippen LogP contribution in [0.2, 0.25) is 0 Å². The number of carbonyl (C=O) groups is 1. The summed E-state index contributed by atoms with van der Waals surface area (Å²) in [6.07, 6.45) is 2.55. The van der Waals surface area contributed by atoms with Crippen LogP contribution in [0.5, 0.6) is 5.75 Å². The minimum absolute atomic E-state index is 0.117. The second-order valence-electron chi connectivity index (χ2n) is 7.26. The molecular weight excluding hydrogens is 385 g/mol. The van der Waals surface area contributed by atoms with Crippen LogP contribution < -0.4 is 9.64 Å². The van der Waals surface area contributed by atoms with E-state index in [-0.39, 0.29) is 11.7 Å². The highest BCUT2D eigenvalue weighted by molar-refractivity contribution is 5.77. The Morgan fingerprint density at radius 1 is 1.13 bits per heavy atom. The molecule has 1 amide bonds. The van der Waals surface area contributed by atoms with Gasteiger partial charge in [-0.15, -0.1) is 0 Å². The van der Waals surface area contributed by atoms with E-state index in [4.69, 9.17) is 9.26 Å². The molecule has 2 heterocycles. The van der Waals surface area contributed by atoms with Crippen molar-refractivity contribution < 1.29 is 18.4 Å². The van der Waals surface area contributed by atoms with Crippen LogP contribution in [-0.2, 0) is 11.2 Å². The predicted molar refractivity (Wildman–Crippen MR) is 112 cm³/mol. The van der Waals surface area contributed by atoms with Gasteiger partial charge in [0.05, 0.1) is 13.3 Å². The number of aromatic nitrogens is 1. The fraction of sp³-hybridized carbons (Fsp3) is 0.304. The highest BCUT2D eigenvalue weighted by atomic mass is 19.1. The topological polar surface area (TPSA) is 58.8 Å². The molecule has 2 aromatic carbocycles. The van der Waals surface area contributed by atoms with Gasteiger partial charge in [0.25, 0.3) is 0 Å². The van der Waals surface area contributed by atoms with Gasteiger partial charge in [-0.2, -0.15) is 0 Å². The summed E-state index contributed by atoms with van der Waals surface area (Å²) in [5.74, 6) is 1.23. The van der Waals surface area contributed by atoms with E-state index in [2.05, 4.69) is 16.1 Å². The Kier molecular flexibility index (Phi) is 5.97. The molecule has 0 bridgehead atoms. The molecule has 1 fully saturated rings. The number of nitrogens with zero attached hydrogens (tertiary/aromatic N) is 3. The molecule has 1 aliphatic rings. The number of aryl methyl sites for hydroxylation is 1. The number of ether oxygens (including phenoxy) is 1. The van der Waals surface area contributed by atoms with Gasteiger partial charge in [0.1, 0.15) is 11.6 Å². The van der Waals surface area contributed by atoms with E-state index < -0.39 is 0 Å². The van der Waals surface area contributed by atoms with Crippen molar-refractivity contribution in [3.05, 3.63) is 66.1 Å². The third-order valence-corrected chi connectivity index (χ3v) is 5.41. The van der Waals surface area contributed by atoms with Gasteiger partial charge in [0.15, 0.2) is 5.76 Å². The Balaban J connectivity index is 1.32. The standard InChI is InChI=1S/C23H24FN3O3/c1-29-21-4-2-3-20(15-21)26-11-13-27(14-12-26)22(28)10-7-18-16-25-30-23(18)17-5-8-19(24)9-6-17/h2-6,8-9,15-16H,7,10-14H2,1H3. The molecule has 156 valence electrons. The van der Waals surface area contributed by atoms with E-state index in [0.29, 0.717) is 31.7 Å². The van der Waals surface area contributed by atoms with Gasteiger partial charge >= 0.3 is 0 Å². The largest absolute Gasteiger partial charge is 0.497 e. The zero-order valence-electron chi connectivity index (χ0n) is 16.9. The Bertz CT molecular complexity index is 995. The first-order chi connectivity index (χ1) is 14.6. The van der Waals surface area contributed by atoms with Gasteiger partial charge in [-0.05, 0) is 42.8 Å². The number of piperazine rings is 1. The maximum absolute atomic E-state index is 13.2. The third kappa shape index (κ3) is 4.45. The summed E-state index contributed by atoms with van der Waals surface area (Å²) in [7, 11) is 1.66. The van der Waals surface area contributed by atoms with Gasteiger partial charge in [-0.3, -0.25) is 4.79 Å². The summed E-state index contributed by atoms with van der Waals surface area (Å²) >= 11 is 0. The summed E-state index contributed by atoms with van der Waals surface area (Å²) in [5.41, 5.74) is 2.71. The Morgan fingerprint density at radius 2 is 1.90 bits per heavy atom. The molecule has 1 aliphatic heterocycles. The molecule has 0 spiro atoms. The number of hydrogen-bond donors (Lipinski definition) is 0. The molecule has 4 rings (SSSR count). The zero-order valence-corrected chi connectivity index (χ0v) is 16.9. The number of anilines is 1. The molecule has 6 nitrogen and oxygen atoms in total. The van der Waals surface area contributed by atoms with Gasteiger partial charge in [-0.25, -0.2) is 4.39 Å². The SMILES string of the molecule is COc1cccc(N2CCN(C(=O)CCc3cnoc3-c3ccc(F)cc3)CC2)c1. The lowest BCUT2D eigenvalue weighted by Crippen LogP contribution is -2.48. The summed E-state index contributed by atoms with van der Waals surface area (Å²) in [6, 6.07) is 14.0. The molecule has 0 radical (unpaired) electrons. The van der Waals surface area contributed by atoms with Crippen molar-refractivity contribution in [3.8, 4) is 17.1 Å². The maximum atomic E-state index is 13.2. The van der Waals surface area contributed by atoms with Gasteiger partial charge in [-0.1, -0.05) is 11.2 Å².